The Bertz CT molecular complexity index is 1390. The van der Waals surface area contributed by atoms with Crippen molar-refractivity contribution in [2.75, 3.05) is 18.4 Å². The summed E-state index contributed by atoms with van der Waals surface area (Å²) >= 11 is 0. The van der Waals surface area contributed by atoms with Crippen LogP contribution in [0.2, 0.25) is 0 Å². The van der Waals surface area contributed by atoms with Gasteiger partial charge in [-0.15, -0.1) is 0 Å². The third kappa shape index (κ3) is 4.47. The third-order valence-electron chi connectivity index (χ3n) is 6.18. The van der Waals surface area contributed by atoms with Crippen LogP contribution in [-0.2, 0) is 14.8 Å². The summed E-state index contributed by atoms with van der Waals surface area (Å²) in [6, 6.07) is 21.8. The highest BCUT2D eigenvalue weighted by molar-refractivity contribution is 7.89. The maximum absolute atomic E-state index is 12.9. The highest BCUT2D eigenvalue weighted by Gasteiger charge is 2.32. The summed E-state index contributed by atoms with van der Waals surface area (Å²) in [6.45, 7) is 2.57. The van der Waals surface area contributed by atoms with E-state index < -0.39 is 10.0 Å². The lowest BCUT2D eigenvalue weighted by Crippen LogP contribution is -2.41. The molecule has 2 heterocycles. The predicted octanol–water partition coefficient (Wildman–Crippen LogP) is 4.84. The molecule has 1 saturated heterocycles. The van der Waals surface area contributed by atoms with Crippen molar-refractivity contribution in [3.8, 4) is 11.5 Å². The number of aromatic nitrogens is 1. The normalized spacial score (nSPS) is 15.4. The van der Waals surface area contributed by atoms with Crippen LogP contribution < -0.4 is 5.32 Å². The fourth-order valence-electron chi connectivity index (χ4n) is 4.15. The molecule has 0 radical (unpaired) electrons. The van der Waals surface area contributed by atoms with Crippen LogP contribution in [0.5, 0.6) is 0 Å². The molecule has 5 rings (SSSR count). The highest BCUT2D eigenvalue weighted by Crippen LogP contribution is 2.27. The van der Waals surface area contributed by atoms with Gasteiger partial charge in [-0.1, -0.05) is 29.8 Å². The second kappa shape index (κ2) is 9.04. The summed E-state index contributed by atoms with van der Waals surface area (Å²) in [5.41, 5.74) is 4.04. The number of hydrogen-bond acceptors (Lipinski definition) is 5. The van der Waals surface area contributed by atoms with Gasteiger partial charge < -0.3 is 9.73 Å². The molecule has 1 amide bonds. The van der Waals surface area contributed by atoms with Crippen molar-refractivity contribution in [2.24, 2.45) is 5.92 Å². The van der Waals surface area contributed by atoms with Crippen LogP contribution >= 0.6 is 0 Å². The van der Waals surface area contributed by atoms with Crippen LogP contribution in [0.15, 0.2) is 82.1 Å². The summed E-state index contributed by atoms with van der Waals surface area (Å²) in [6.07, 6.45) is 0.968. The molecule has 0 atom stereocenters. The lowest BCUT2D eigenvalue weighted by molar-refractivity contribution is -0.120. The van der Waals surface area contributed by atoms with Gasteiger partial charge in [0.15, 0.2) is 5.58 Å². The lowest BCUT2D eigenvalue weighted by atomic mass is 9.97. The number of piperidine rings is 1. The number of nitrogens with one attached hydrogen (secondary N) is 1. The Morgan fingerprint density at radius 2 is 1.65 bits per heavy atom. The van der Waals surface area contributed by atoms with Crippen molar-refractivity contribution in [3.05, 3.63) is 78.4 Å². The summed E-state index contributed by atoms with van der Waals surface area (Å²) in [5, 5.41) is 2.95. The van der Waals surface area contributed by atoms with E-state index in [1.54, 1.807) is 24.3 Å². The first-order valence-corrected chi connectivity index (χ1v) is 12.7. The van der Waals surface area contributed by atoms with Gasteiger partial charge in [-0.3, -0.25) is 4.79 Å². The zero-order chi connectivity index (χ0) is 23.7. The van der Waals surface area contributed by atoms with Crippen LogP contribution in [0.3, 0.4) is 0 Å². The summed E-state index contributed by atoms with van der Waals surface area (Å²) < 4.78 is 33.0. The minimum Gasteiger partial charge on any atom is -0.436 e. The predicted molar refractivity (Wildman–Crippen MR) is 131 cm³/mol. The van der Waals surface area contributed by atoms with Crippen molar-refractivity contribution >= 4 is 32.7 Å². The van der Waals surface area contributed by atoms with Crippen molar-refractivity contribution in [1.29, 1.82) is 0 Å². The molecule has 1 aliphatic rings. The van der Waals surface area contributed by atoms with Gasteiger partial charge in [0.2, 0.25) is 21.8 Å². The van der Waals surface area contributed by atoms with E-state index in [1.807, 2.05) is 55.5 Å². The minimum absolute atomic E-state index is 0.0954. The molecule has 1 fully saturated rings. The molecule has 0 aliphatic carbocycles. The molecular weight excluding hydrogens is 450 g/mol. The van der Waals surface area contributed by atoms with Crippen LogP contribution in [-0.4, -0.2) is 36.7 Å². The van der Waals surface area contributed by atoms with E-state index in [1.165, 1.54) is 4.31 Å². The number of rotatable bonds is 5. The number of nitrogens with zero attached hydrogens (tertiary/aromatic N) is 2. The number of oxazole rings is 1. The number of carbonyl (C=O) groups is 1. The van der Waals surface area contributed by atoms with Crippen molar-refractivity contribution < 1.29 is 17.6 Å². The average Bonchev–Trinajstić information content (AvgIpc) is 3.29. The molecule has 4 aromatic rings. The molecule has 7 nitrogen and oxygen atoms in total. The second-order valence-corrected chi connectivity index (χ2v) is 10.5. The molecule has 0 bridgehead atoms. The summed E-state index contributed by atoms with van der Waals surface area (Å²) in [5.74, 6) is 0.199. The van der Waals surface area contributed by atoms with Gasteiger partial charge in [-0.05, 0) is 68.3 Å². The third-order valence-corrected chi connectivity index (χ3v) is 8.09. The van der Waals surface area contributed by atoms with E-state index in [2.05, 4.69) is 10.3 Å². The highest BCUT2D eigenvalue weighted by atomic mass is 32.2. The second-order valence-electron chi connectivity index (χ2n) is 8.54. The topological polar surface area (TPSA) is 92.5 Å². The number of amides is 1. The smallest absolute Gasteiger partial charge is 0.243 e. The quantitative estimate of drug-likeness (QED) is 0.446. The zero-order valence-electron chi connectivity index (χ0n) is 18.8. The number of anilines is 1. The first-order chi connectivity index (χ1) is 16.4. The lowest BCUT2D eigenvalue weighted by Gasteiger charge is -2.30. The molecule has 34 heavy (non-hydrogen) atoms. The fourth-order valence-corrected chi connectivity index (χ4v) is 5.62. The van der Waals surface area contributed by atoms with E-state index in [0.29, 0.717) is 42.4 Å². The molecular formula is C26H25N3O4S. The van der Waals surface area contributed by atoms with Crippen molar-refractivity contribution in [1.82, 2.24) is 9.29 Å². The van der Waals surface area contributed by atoms with E-state index in [4.69, 9.17) is 4.42 Å². The Balaban J connectivity index is 1.19. The van der Waals surface area contributed by atoms with E-state index in [9.17, 15) is 13.2 Å². The Morgan fingerprint density at radius 3 is 2.32 bits per heavy atom. The zero-order valence-corrected chi connectivity index (χ0v) is 19.6. The van der Waals surface area contributed by atoms with Gasteiger partial charge in [-0.2, -0.15) is 4.31 Å². The number of fused-ring (bicyclic) bond motifs is 1. The van der Waals surface area contributed by atoms with Crippen LogP contribution in [0.1, 0.15) is 18.4 Å². The molecule has 3 aromatic carbocycles. The van der Waals surface area contributed by atoms with E-state index in [0.717, 1.165) is 22.2 Å². The van der Waals surface area contributed by atoms with Crippen LogP contribution in [0.25, 0.3) is 22.6 Å². The average molecular weight is 476 g/mol. The Labute approximate surface area is 198 Å². The Kier molecular flexibility index (Phi) is 5.93. The van der Waals surface area contributed by atoms with Gasteiger partial charge in [0.1, 0.15) is 5.52 Å². The van der Waals surface area contributed by atoms with Gasteiger partial charge in [-0.25, -0.2) is 13.4 Å². The molecule has 0 spiro atoms. The fraction of sp³-hybridized carbons (Fsp3) is 0.231. The number of aryl methyl sites for hydroxylation is 1. The Hall–Kier alpha value is -3.49. The van der Waals surface area contributed by atoms with E-state index >= 15 is 0 Å². The Morgan fingerprint density at radius 1 is 0.971 bits per heavy atom. The van der Waals surface area contributed by atoms with Crippen LogP contribution in [0, 0.1) is 12.8 Å². The standard InChI is InChI=1S/C26H25N3O4S/c1-18-6-12-22(13-7-18)34(31,32)29-16-14-19(15-17-29)25(30)27-21-10-8-20(9-11-21)26-28-23-4-2-3-5-24(23)33-26/h2-13,19H,14-17H2,1H3,(H,27,30). The summed E-state index contributed by atoms with van der Waals surface area (Å²) in [4.78, 5) is 17.6. The van der Waals surface area contributed by atoms with Crippen LogP contribution in [0.4, 0.5) is 5.69 Å². The maximum atomic E-state index is 12.9. The van der Waals surface area contributed by atoms with Gasteiger partial charge in [0.25, 0.3) is 0 Å². The molecule has 1 aliphatic heterocycles. The molecule has 0 unspecified atom stereocenters. The monoisotopic (exact) mass is 475 g/mol. The number of para-hydroxylation sites is 2. The number of sulfonamides is 1. The van der Waals surface area contributed by atoms with Crippen molar-refractivity contribution in [3.63, 3.8) is 0 Å². The molecule has 0 saturated carbocycles. The molecule has 174 valence electrons. The largest absolute Gasteiger partial charge is 0.436 e. The van der Waals surface area contributed by atoms with Gasteiger partial charge in [0, 0.05) is 30.3 Å². The number of hydrogen-bond donors (Lipinski definition) is 1. The first-order valence-electron chi connectivity index (χ1n) is 11.2. The van der Waals surface area contributed by atoms with Gasteiger partial charge >= 0.3 is 0 Å². The molecule has 1 aromatic heterocycles. The minimum atomic E-state index is -3.54. The first kappa shape index (κ1) is 22.3. The molecule has 8 heteroatoms. The number of benzene rings is 3. The molecule has 1 N–H and O–H groups in total. The van der Waals surface area contributed by atoms with Gasteiger partial charge in [0.05, 0.1) is 4.90 Å². The number of carbonyl (C=O) groups excluding carboxylic acids is 1. The van der Waals surface area contributed by atoms with E-state index in [-0.39, 0.29) is 11.8 Å². The summed E-state index contributed by atoms with van der Waals surface area (Å²) in [7, 11) is -3.54. The maximum Gasteiger partial charge on any atom is 0.243 e. The van der Waals surface area contributed by atoms with Crippen molar-refractivity contribution in [2.45, 2.75) is 24.7 Å². The SMILES string of the molecule is Cc1ccc(S(=O)(=O)N2CCC(C(=O)Nc3ccc(-c4nc5ccccc5o4)cc3)CC2)cc1.